The van der Waals surface area contributed by atoms with Crippen molar-refractivity contribution in [3.63, 3.8) is 0 Å². The minimum Gasteiger partial charge on any atom is -0.399 e. The van der Waals surface area contributed by atoms with Crippen molar-refractivity contribution in [2.45, 2.75) is 11.8 Å². The van der Waals surface area contributed by atoms with Crippen molar-refractivity contribution < 1.29 is 8.42 Å². The van der Waals surface area contributed by atoms with Crippen molar-refractivity contribution >= 4 is 26.7 Å². The van der Waals surface area contributed by atoms with Crippen LogP contribution >= 0.6 is 0 Å². The molecule has 0 aliphatic heterocycles. The Morgan fingerprint density at radius 3 is 2.62 bits per heavy atom. The lowest BCUT2D eigenvalue weighted by Gasteiger charge is -2.11. The first-order chi connectivity index (χ1) is 9.88. The summed E-state index contributed by atoms with van der Waals surface area (Å²) in [4.78, 5) is -0.0166. The Kier molecular flexibility index (Phi) is 2.92. The molecule has 0 amide bonds. The van der Waals surface area contributed by atoms with E-state index in [4.69, 9.17) is 10.9 Å². The summed E-state index contributed by atoms with van der Waals surface area (Å²) in [7, 11) is -3.86. The lowest BCUT2D eigenvalue weighted by atomic mass is 10.1. The van der Waals surface area contributed by atoms with Crippen LogP contribution in [0.5, 0.6) is 0 Å². The Labute approximate surface area is 121 Å². The fraction of sp³-hybridized carbons (Fsp3) is 0.0769. The number of hydrogen-bond donors (Lipinski definition) is 2. The molecule has 0 spiro atoms. The van der Waals surface area contributed by atoms with E-state index in [9.17, 15) is 8.42 Å². The number of rotatable bonds is 2. The van der Waals surface area contributed by atoms with Crippen LogP contribution in [0.1, 0.15) is 5.56 Å². The van der Waals surface area contributed by atoms with E-state index in [0.717, 1.165) is 5.52 Å². The van der Waals surface area contributed by atoms with Crippen LogP contribution in [0.2, 0.25) is 0 Å². The minimum absolute atomic E-state index is 0.0166. The van der Waals surface area contributed by atoms with Gasteiger partial charge in [0.05, 0.1) is 16.1 Å². The smallest absolute Gasteiger partial charge is 0.238 e. The molecular formula is C13H13N5O2S. The summed E-state index contributed by atoms with van der Waals surface area (Å²) in [6.07, 6.45) is 0. The first-order valence-electron chi connectivity index (χ1n) is 6.11. The molecule has 0 unspecified atom stereocenters. The molecule has 0 saturated carbocycles. The Morgan fingerprint density at radius 2 is 1.90 bits per heavy atom. The number of sulfonamides is 1. The van der Waals surface area contributed by atoms with Gasteiger partial charge < -0.3 is 5.73 Å². The third-order valence-corrected chi connectivity index (χ3v) is 4.28. The van der Waals surface area contributed by atoms with E-state index in [2.05, 4.69) is 10.3 Å². The van der Waals surface area contributed by atoms with Crippen LogP contribution in [-0.2, 0) is 10.0 Å². The fourth-order valence-corrected chi connectivity index (χ4v) is 3.09. The van der Waals surface area contributed by atoms with E-state index < -0.39 is 10.0 Å². The molecule has 3 aromatic rings. The molecule has 4 N–H and O–H groups in total. The molecule has 108 valence electrons. The number of primary sulfonamides is 1. The molecule has 2 aromatic carbocycles. The molecule has 1 heterocycles. The number of nitrogens with two attached hydrogens (primary N) is 2. The van der Waals surface area contributed by atoms with Gasteiger partial charge in [-0.2, -0.15) is 0 Å². The summed E-state index contributed by atoms with van der Waals surface area (Å²) in [5.74, 6) is 0. The monoisotopic (exact) mass is 303 g/mol. The Balaban J connectivity index is 2.36. The molecule has 0 saturated heterocycles. The van der Waals surface area contributed by atoms with Gasteiger partial charge in [0.1, 0.15) is 5.52 Å². The fourth-order valence-electron chi connectivity index (χ4n) is 2.26. The maximum atomic E-state index is 11.7. The van der Waals surface area contributed by atoms with E-state index in [-0.39, 0.29) is 4.90 Å². The summed E-state index contributed by atoms with van der Waals surface area (Å²) in [6, 6.07) is 10.3. The van der Waals surface area contributed by atoms with Gasteiger partial charge in [0.15, 0.2) is 0 Å². The van der Waals surface area contributed by atoms with Crippen LogP contribution in [0.15, 0.2) is 41.3 Å². The van der Waals surface area contributed by atoms with Crippen molar-refractivity contribution in [2.24, 2.45) is 5.14 Å². The van der Waals surface area contributed by atoms with Crippen molar-refractivity contribution in [2.75, 3.05) is 5.73 Å². The third-order valence-electron chi connectivity index (χ3n) is 3.24. The highest BCUT2D eigenvalue weighted by Gasteiger charge is 2.18. The van der Waals surface area contributed by atoms with Crippen molar-refractivity contribution in [3.8, 4) is 5.69 Å². The number of fused-ring (bicyclic) bond motifs is 1. The Morgan fingerprint density at radius 1 is 1.19 bits per heavy atom. The van der Waals surface area contributed by atoms with Gasteiger partial charge >= 0.3 is 0 Å². The second kappa shape index (κ2) is 4.54. The molecule has 21 heavy (non-hydrogen) atoms. The summed E-state index contributed by atoms with van der Waals surface area (Å²) in [6.45, 7) is 1.66. The zero-order chi connectivity index (χ0) is 15.2. The molecule has 0 atom stereocenters. The normalized spacial score (nSPS) is 11.9. The maximum Gasteiger partial charge on any atom is 0.238 e. The predicted molar refractivity (Wildman–Crippen MR) is 79.4 cm³/mol. The van der Waals surface area contributed by atoms with E-state index in [0.29, 0.717) is 22.5 Å². The number of nitrogen functional groups attached to an aromatic ring is 1. The predicted octanol–water partition coefficient (Wildman–Crippen LogP) is 0.959. The standard InChI is InChI=1S/C13H13N5O2S/c1-8-12(6-9(14)7-13(8)21(15,19)20)18-11-5-3-2-4-10(11)16-17-18/h2-7H,14H2,1H3,(H2,15,19,20). The number of hydrogen-bond acceptors (Lipinski definition) is 5. The van der Waals surface area contributed by atoms with Crippen molar-refractivity contribution in [1.82, 2.24) is 15.0 Å². The van der Waals surface area contributed by atoms with Gasteiger partial charge in [-0.1, -0.05) is 17.3 Å². The molecule has 0 radical (unpaired) electrons. The number of para-hydroxylation sites is 1. The zero-order valence-electron chi connectivity index (χ0n) is 11.2. The highest BCUT2D eigenvalue weighted by molar-refractivity contribution is 7.89. The van der Waals surface area contributed by atoms with E-state index in [1.165, 1.54) is 6.07 Å². The van der Waals surface area contributed by atoms with Gasteiger partial charge in [-0.25, -0.2) is 18.2 Å². The van der Waals surface area contributed by atoms with Crippen LogP contribution in [-0.4, -0.2) is 23.4 Å². The molecule has 1 aromatic heterocycles. The second-order valence-electron chi connectivity index (χ2n) is 4.70. The van der Waals surface area contributed by atoms with Crippen molar-refractivity contribution in [1.29, 1.82) is 0 Å². The zero-order valence-corrected chi connectivity index (χ0v) is 12.0. The van der Waals surface area contributed by atoms with E-state index in [1.807, 2.05) is 24.3 Å². The number of anilines is 1. The molecule has 8 heteroatoms. The van der Waals surface area contributed by atoms with Gasteiger partial charge in [0, 0.05) is 5.69 Å². The van der Waals surface area contributed by atoms with Crippen LogP contribution in [0.4, 0.5) is 5.69 Å². The molecule has 0 bridgehead atoms. The van der Waals surface area contributed by atoms with Gasteiger partial charge in [0.2, 0.25) is 10.0 Å². The summed E-state index contributed by atoms with van der Waals surface area (Å²) in [5.41, 5.74) is 8.56. The average Bonchev–Trinajstić information content (AvgIpc) is 2.83. The summed E-state index contributed by atoms with van der Waals surface area (Å²) in [5, 5.41) is 13.3. The van der Waals surface area contributed by atoms with Gasteiger partial charge in [-0.05, 0) is 36.8 Å². The van der Waals surface area contributed by atoms with E-state index >= 15 is 0 Å². The topological polar surface area (TPSA) is 117 Å². The second-order valence-corrected chi connectivity index (χ2v) is 6.23. The highest BCUT2D eigenvalue weighted by Crippen LogP contribution is 2.26. The summed E-state index contributed by atoms with van der Waals surface area (Å²) < 4.78 is 24.9. The number of aromatic nitrogens is 3. The average molecular weight is 303 g/mol. The number of benzene rings is 2. The molecule has 7 nitrogen and oxygen atoms in total. The van der Waals surface area contributed by atoms with Crippen LogP contribution < -0.4 is 10.9 Å². The molecule has 3 rings (SSSR count). The molecule has 0 aliphatic rings. The lowest BCUT2D eigenvalue weighted by molar-refractivity contribution is 0.597. The van der Waals surface area contributed by atoms with Crippen molar-refractivity contribution in [3.05, 3.63) is 42.0 Å². The first kappa shape index (κ1) is 13.5. The SMILES string of the molecule is Cc1c(-n2nnc3ccccc32)cc(N)cc1S(N)(=O)=O. The summed E-state index contributed by atoms with van der Waals surface area (Å²) >= 11 is 0. The van der Waals surface area contributed by atoms with Gasteiger partial charge in [0.25, 0.3) is 0 Å². The van der Waals surface area contributed by atoms with E-state index in [1.54, 1.807) is 17.7 Å². The lowest BCUT2D eigenvalue weighted by Crippen LogP contribution is -2.16. The highest BCUT2D eigenvalue weighted by atomic mass is 32.2. The van der Waals surface area contributed by atoms with Gasteiger partial charge in [-0.15, -0.1) is 5.10 Å². The largest absolute Gasteiger partial charge is 0.399 e. The first-order valence-corrected chi connectivity index (χ1v) is 7.66. The minimum atomic E-state index is -3.86. The quantitative estimate of drug-likeness (QED) is 0.684. The third kappa shape index (κ3) is 2.24. The molecule has 0 aliphatic carbocycles. The van der Waals surface area contributed by atoms with Crippen LogP contribution in [0.25, 0.3) is 16.7 Å². The maximum absolute atomic E-state index is 11.7. The van der Waals surface area contributed by atoms with Gasteiger partial charge in [-0.3, -0.25) is 0 Å². The Bertz CT molecular complexity index is 946. The molecular weight excluding hydrogens is 290 g/mol. The Hall–Kier alpha value is -2.45. The number of nitrogens with zero attached hydrogens (tertiary/aromatic N) is 3. The van der Waals surface area contributed by atoms with Crippen LogP contribution in [0.3, 0.4) is 0 Å². The van der Waals surface area contributed by atoms with Crippen LogP contribution in [0, 0.1) is 6.92 Å². The molecule has 0 fully saturated rings.